The molecule has 126 valence electrons. The Bertz CT molecular complexity index is 901. The van der Waals surface area contributed by atoms with Crippen LogP contribution in [0.25, 0.3) is 11.4 Å². The van der Waals surface area contributed by atoms with E-state index in [0.717, 1.165) is 47.7 Å². The summed E-state index contributed by atoms with van der Waals surface area (Å²) in [7, 11) is 0. The van der Waals surface area contributed by atoms with E-state index in [9.17, 15) is 5.11 Å². The zero-order chi connectivity index (χ0) is 17.2. The second-order valence-corrected chi connectivity index (χ2v) is 6.49. The lowest BCUT2D eigenvalue weighted by Gasteiger charge is -2.28. The van der Waals surface area contributed by atoms with E-state index < -0.39 is 0 Å². The number of pyridine rings is 1. The molecule has 0 atom stereocenters. The van der Waals surface area contributed by atoms with Crippen LogP contribution in [0.5, 0.6) is 5.75 Å². The highest BCUT2D eigenvalue weighted by molar-refractivity contribution is 6.32. The molecule has 1 N–H and O–H groups in total. The Morgan fingerprint density at radius 2 is 2.00 bits per heavy atom. The number of halogens is 1. The number of rotatable bonds is 3. The molecule has 0 bridgehead atoms. The second-order valence-electron chi connectivity index (χ2n) is 6.11. The van der Waals surface area contributed by atoms with Crippen LogP contribution >= 0.6 is 11.6 Å². The molecule has 0 saturated carbocycles. The van der Waals surface area contributed by atoms with Crippen molar-refractivity contribution in [3.8, 4) is 17.1 Å². The predicted octanol–water partition coefficient (Wildman–Crippen LogP) is 3.46. The van der Waals surface area contributed by atoms with Crippen molar-refractivity contribution in [1.82, 2.24) is 19.9 Å². The third-order valence-corrected chi connectivity index (χ3v) is 4.84. The molecule has 0 saturated heterocycles. The Kier molecular flexibility index (Phi) is 4.34. The average molecular weight is 353 g/mol. The molecule has 0 amide bonds. The minimum atomic E-state index is 0.127. The van der Waals surface area contributed by atoms with E-state index in [0.29, 0.717) is 11.6 Å². The summed E-state index contributed by atoms with van der Waals surface area (Å²) < 4.78 is 0. The molecule has 5 nitrogen and oxygen atoms in total. The summed E-state index contributed by atoms with van der Waals surface area (Å²) in [6.07, 6.45) is 6.28. The lowest BCUT2D eigenvalue weighted by atomic mass is 10.1. The highest BCUT2D eigenvalue weighted by atomic mass is 35.5. The zero-order valence-electron chi connectivity index (χ0n) is 13.6. The van der Waals surface area contributed by atoms with Crippen LogP contribution in [0.2, 0.25) is 5.02 Å². The van der Waals surface area contributed by atoms with Crippen molar-refractivity contribution in [1.29, 1.82) is 0 Å². The van der Waals surface area contributed by atoms with E-state index in [2.05, 4.69) is 14.9 Å². The molecule has 2 aromatic heterocycles. The smallest absolute Gasteiger partial charge is 0.159 e. The molecule has 6 heteroatoms. The van der Waals surface area contributed by atoms with Crippen LogP contribution in [-0.4, -0.2) is 31.5 Å². The summed E-state index contributed by atoms with van der Waals surface area (Å²) in [6.45, 7) is 2.36. The first kappa shape index (κ1) is 16.0. The molecule has 25 heavy (non-hydrogen) atoms. The number of nitrogens with zero attached hydrogens (tertiary/aromatic N) is 4. The van der Waals surface area contributed by atoms with Crippen LogP contribution in [0.1, 0.15) is 16.8 Å². The van der Waals surface area contributed by atoms with E-state index in [1.807, 2.05) is 30.5 Å². The minimum absolute atomic E-state index is 0.127. The van der Waals surface area contributed by atoms with Gasteiger partial charge in [0.15, 0.2) is 5.82 Å². The third kappa shape index (κ3) is 3.34. The normalized spacial score (nSPS) is 14.3. The molecular formula is C19H17ClN4O. The van der Waals surface area contributed by atoms with Gasteiger partial charge in [-0.15, -0.1) is 0 Å². The predicted molar refractivity (Wildman–Crippen MR) is 96.2 cm³/mol. The van der Waals surface area contributed by atoms with Gasteiger partial charge in [0.05, 0.1) is 10.7 Å². The highest BCUT2D eigenvalue weighted by Gasteiger charge is 2.20. The molecule has 3 heterocycles. The molecule has 0 radical (unpaired) electrons. The van der Waals surface area contributed by atoms with Gasteiger partial charge < -0.3 is 5.11 Å². The van der Waals surface area contributed by atoms with Crippen molar-refractivity contribution in [3.63, 3.8) is 0 Å². The van der Waals surface area contributed by atoms with Gasteiger partial charge >= 0.3 is 0 Å². The van der Waals surface area contributed by atoms with E-state index >= 15 is 0 Å². The first-order chi connectivity index (χ1) is 12.2. The largest absolute Gasteiger partial charge is 0.506 e. The number of aromatic nitrogens is 3. The van der Waals surface area contributed by atoms with Crippen molar-refractivity contribution < 1.29 is 5.11 Å². The van der Waals surface area contributed by atoms with Gasteiger partial charge in [0.1, 0.15) is 5.75 Å². The monoisotopic (exact) mass is 352 g/mol. The molecule has 1 aliphatic heterocycles. The number of phenols is 1. The Labute approximate surface area is 151 Å². The molecule has 1 aromatic carbocycles. The number of fused-ring (bicyclic) bond motifs is 1. The molecule has 0 fully saturated rings. The maximum atomic E-state index is 9.75. The van der Waals surface area contributed by atoms with Gasteiger partial charge in [0.2, 0.25) is 0 Å². The SMILES string of the molecule is Oc1cccc(CN2CCc3nc(-c4ccncc4)ncc3C2)c1Cl. The van der Waals surface area contributed by atoms with Crippen LogP contribution < -0.4 is 0 Å². The Morgan fingerprint density at radius 3 is 2.84 bits per heavy atom. The van der Waals surface area contributed by atoms with Crippen molar-refractivity contribution in [2.45, 2.75) is 19.5 Å². The summed E-state index contributed by atoms with van der Waals surface area (Å²) >= 11 is 6.19. The minimum Gasteiger partial charge on any atom is -0.506 e. The van der Waals surface area contributed by atoms with Crippen molar-refractivity contribution in [2.24, 2.45) is 0 Å². The van der Waals surface area contributed by atoms with Crippen LogP contribution in [-0.2, 0) is 19.5 Å². The van der Waals surface area contributed by atoms with Crippen LogP contribution in [0.15, 0.2) is 48.9 Å². The first-order valence-electron chi connectivity index (χ1n) is 8.14. The van der Waals surface area contributed by atoms with Gasteiger partial charge in [-0.05, 0) is 23.8 Å². The maximum absolute atomic E-state index is 9.75. The van der Waals surface area contributed by atoms with Gasteiger partial charge in [-0.2, -0.15) is 0 Å². The Hall–Kier alpha value is -2.50. The standard InChI is InChI=1S/C19H17ClN4O/c20-18-14(2-1-3-17(18)25)11-24-9-6-16-15(12-24)10-22-19(23-16)13-4-7-21-8-5-13/h1-5,7-8,10,25H,6,9,11-12H2. The van der Waals surface area contributed by atoms with E-state index in [4.69, 9.17) is 16.6 Å². The average Bonchev–Trinajstić information content (AvgIpc) is 2.66. The van der Waals surface area contributed by atoms with E-state index in [1.165, 1.54) is 0 Å². The first-order valence-corrected chi connectivity index (χ1v) is 8.52. The summed E-state index contributed by atoms with van der Waals surface area (Å²) in [4.78, 5) is 15.5. The molecule has 4 rings (SSSR count). The molecular weight excluding hydrogens is 336 g/mol. The number of hydrogen-bond donors (Lipinski definition) is 1. The van der Waals surface area contributed by atoms with Crippen molar-refractivity contribution in [2.75, 3.05) is 6.54 Å². The highest BCUT2D eigenvalue weighted by Crippen LogP contribution is 2.29. The third-order valence-electron chi connectivity index (χ3n) is 4.40. The number of phenolic OH excluding ortho intramolecular Hbond substituents is 1. The van der Waals surface area contributed by atoms with Gasteiger partial charge in [-0.25, -0.2) is 9.97 Å². The summed E-state index contributed by atoms with van der Waals surface area (Å²) in [5.74, 6) is 0.868. The number of aromatic hydroxyl groups is 1. The lowest BCUT2D eigenvalue weighted by molar-refractivity contribution is 0.242. The number of hydrogen-bond acceptors (Lipinski definition) is 5. The second kappa shape index (κ2) is 6.78. The molecule has 3 aromatic rings. The zero-order valence-corrected chi connectivity index (χ0v) is 14.3. The molecule has 1 aliphatic rings. The maximum Gasteiger partial charge on any atom is 0.159 e. The van der Waals surface area contributed by atoms with Gasteiger partial charge in [0.25, 0.3) is 0 Å². The van der Waals surface area contributed by atoms with Crippen LogP contribution in [0.3, 0.4) is 0 Å². The topological polar surface area (TPSA) is 62.1 Å². The lowest BCUT2D eigenvalue weighted by Crippen LogP contribution is -2.31. The van der Waals surface area contributed by atoms with Gasteiger partial charge in [-0.1, -0.05) is 23.7 Å². The van der Waals surface area contributed by atoms with E-state index in [1.54, 1.807) is 18.5 Å². The fourth-order valence-corrected chi connectivity index (χ4v) is 3.26. The summed E-state index contributed by atoms with van der Waals surface area (Å²) in [5.41, 5.74) is 4.15. The molecule has 0 spiro atoms. The fraction of sp³-hybridized carbons (Fsp3) is 0.211. The van der Waals surface area contributed by atoms with Gasteiger partial charge in [-0.3, -0.25) is 9.88 Å². The Balaban J connectivity index is 1.53. The van der Waals surface area contributed by atoms with Gasteiger partial charge in [0, 0.05) is 55.8 Å². The quantitative estimate of drug-likeness (QED) is 0.782. The summed E-state index contributed by atoms with van der Waals surface area (Å²) in [6, 6.07) is 9.20. The van der Waals surface area contributed by atoms with Crippen molar-refractivity contribution in [3.05, 3.63) is 70.8 Å². The van der Waals surface area contributed by atoms with Crippen LogP contribution in [0, 0.1) is 0 Å². The van der Waals surface area contributed by atoms with Crippen LogP contribution in [0.4, 0.5) is 0 Å². The molecule has 0 unspecified atom stereocenters. The number of benzene rings is 1. The fourth-order valence-electron chi connectivity index (χ4n) is 3.08. The van der Waals surface area contributed by atoms with Crippen molar-refractivity contribution >= 4 is 11.6 Å². The summed E-state index contributed by atoms with van der Waals surface area (Å²) in [5, 5.41) is 10.2. The molecule has 0 aliphatic carbocycles. The van der Waals surface area contributed by atoms with E-state index in [-0.39, 0.29) is 5.75 Å². The Morgan fingerprint density at radius 1 is 1.16 bits per heavy atom.